The van der Waals surface area contributed by atoms with E-state index in [9.17, 15) is 9.59 Å². The molecule has 0 aliphatic carbocycles. The van der Waals surface area contributed by atoms with Crippen LogP contribution >= 0.6 is 0 Å². The lowest BCUT2D eigenvalue weighted by Gasteiger charge is -2.22. The highest BCUT2D eigenvalue weighted by molar-refractivity contribution is 5.96. The normalized spacial score (nSPS) is 12.1. The molecule has 2 amide bonds. The predicted molar refractivity (Wildman–Crippen MR) is 82.1 cm³/mol. The van der Waals surface area contributed by atoms with Gasteiger partial charge in [0.2, 0.25) is 0 Å². The molecule has 1 rings (SSSR count). The van der Waals surface area contributed by atoms with E-state index in [1.165, 1.54) is 6.92 Å². The third-order valence-corrected chi connectivity index (χ3v) is 3.64. The number of hydrogen-bond acceptors (Lipinski definition) is 2. The summed E-state index contributed by atoms with van der Waals surface area (Å²) in [6.07, 6.45) is 2.08. The topological polar surface area (TPSA) is 58.2 Å². The second-order valence-electron chi connectivity index (χ2n) is 5.10. The Hall–Kier alpha value is -1.84. The molecule has 0 heterocycles. The van der Waals surface area contributed by atoms with E-state index in [4.69, 9.17) is 0 Å². The van der Waals surface area contributed by atoms with Gasteiger partial charge in [0.15, 0.2) is 5.78 Å². The molecule has 4 heteroatoms. The lowest BCUT2D eigenvalue weighted by molar-refractivity contribution is 0.101. The van der Waals surface area contributed by atoms with E-state index in [0.29, 0.717) is 17.2 Å². The van der Waals surface area contributed by atoms with E-state index in [1.54, 1.807) is 24.3 Å². The molecule has 110 valence electrons. The van der Waals surface area contributed by atoms with Gasteiger partial charge in [-0.1, -0.05) is 38.8 Å². The van der Waals surface area contributed by atoms with Gasteiger partial charge in [-0.05, 0) is 31.9 Å². The standard InChI is InChI=1S/C16H24N2O2/c1-5-13(6-2)11(3)17-16(20)18-15-9-7-8-14(10-15)12(4)19/h7-11,13H,5-6H2,1-4H3,(H2,17,18,20). The number of carbonyl (C=O) groups excluding carboxylic acids is 2. The van der Waals surface area contributed by atoms with Crippen molar-refractivity contribution in [3.63, 3.8) is 0 Å². The highest BCUT2D eigenvalue weighted by Crippen LogP contribution is 2.14. The van der Waals surface area contributed by atoms with Gasteiger partial charge in [-0.2, -0.15) is 0 Å². The summed E-state index contributed by atoms with van der Waals surface area (Å²) < 4.78 is 0. The minimum Gasteiger partial charge on any atom is -0.335 e. The Balaban J connectivity index is 2.62. The molecular weight excluding hydrogens is 252 g/mol. The molecule has 0 spiro atoms. The summed E-state index contributed by atoms with van der Waals surface area (Å²) in [5.74, 6) is 0.462. The van der Waals surface area contributed by atoms with Crippen LogP contribution in [-0.2, 0) is 0 Å². The smallest absolute Gasteiger partial charge is 0.319 e. The number of anilines is 1. The number of rotatable bonds is 6. The molecule has 4 nitrogen and oxygen atoms in total. The average molecular weight is 276 g/mol. The second kappa shape index (κ2) is 7.68. The predicted octanol–water partition coefficient (Wildman–Crippen LogP) is 3.84. The highest BCUT2D eigenvalue weighted by Gasteiger charge is 2.15. The molecule has 0 radical (unpaired) electrons. The van der Waals surface area contributed by atoms with Gasteiger partial charge in [-0.25, -0.2) is 4.79 Å². The monoisotopic (exact) mass is 276 g/mol. The molecule has 0 bridgehead atoms. The van der Waals surface area contributed by atoms with Crippen LogP contribution in [0.4, 0.5) is 10.5 Å². The van der Waals surface area contributed by atoms with E-state index in [2.05, 4.69) is 24.5 Å². The number of ketones is 1. The Morgan fingerprint density at radius 1 is 1.20 bits per heavy atom. The van der Waals surface area contributed by atoms with Crippen molar-refractivity contribution in [3.8, 4) is 0 Å². The Labute approximate surface area is 121 Å². The van der Waals surface area contributed by atoms with Crippen LogP contribution in [0.2, 0.25) is 0 Å². The molecule has 0 aromatic heterocycles. The molecule has 1 unspecified atom stereocenters. The van der Waals surface area contributed by atoms with Crippen LogP contribution in [0.3, 0.4) is 0 Å². The van der Waals surface area contributed by atoms with Gasteiger partial charge in [0, 0.05) is 17.3 Å². The zero-order valence-corrected chi connectivity index (χ0v) is 12.7. The number of nitrogens with one attached hydrogen (secondary N) is 2. The average Bonchev–Trinajstić information content (AvgIpc) is 2.40. The Morgan fingerprint density at radius 2 is 1.85 bits per heavy atom. The highest BCUT2D eigenvalue weighted by atomic mass is 16.2. The van der Waals surface area contributed by atoms with Crippen molar-refractivity contribution in [2.75, 3.05) is 5.32 Å². The minimum atomic E-state index is -0.231. The minimum absolute atomic E-state index is 0.0144. The number of Topliss-reactive ketones (excluding diaryl/α,β-unsaturated/α-hetero) is 1. The maximum atomic E-state index is 11.9. The van der Waals surface area contributed by atoms with Crippen LogP contribution in [-0.4, -0.2) is 17.9 Å². The molecule has 1 aromatic rings. The van der Waals surface area contributed by atoms with Gasteiger partial charge in [-0.3, -0.25) is 4.79 Å². The second-order valence-corrected chi connectivity index (χ2v) is 5.10. The van der Waals surface area contributed by atoms with Crippen molar-refractivity contribution in [3.05, 3.63) is 29.8 Å². The van der Waals surface area contributed by atoms with Gasteiger partial charge in [0.05, 0.1) is 0 Å². The maximum Gasteiger partial charge on any atom is 0.319 e. The molecule has 0 fully saturated rings. The molecule has 20 heavy (non-hydrogen) atoms. The summed E-state index contributed by atoms with van der Waals surface area (Å²) in [6, 6.07) is 6.85. The lowest BCUT2D eigenvalue weighted by Crippen LogP contribution is -2.40. The van der Waals surface area contributed by atoms with E-state index < -0.39 is 0 Å². The fourth-order valence-corrected chi connectivity index (χ4v) is 2.30. The third kappa shape index (κ3) is 4.68. The number of hydrogen-bond donors (Lipinski definition) is 2. The van der Waals surface area contributed by atoms with Gasteiger partial charge in [-0.15, -0.1) is 0 Å². The fourth-order valence-electron chi connectivity index (χ4n) is 2.30. The fraction of sp³-hybridized carbons (Fsp3) is 0.500. The van der Waals surface area contributed by atoms with Crippen molar-refractivity contribution in [2.45, 2.75) is 46.6 Å². The first kappa shape index (κ1) is 16.2. The van der Waals surface area contributed by atoms with E-state index in [1.807, 2.05) is 6.92 Å². The van der Waals surface area contributed by atoms with Crippen LogP contribution in [0.1, 0.15) is 50.9 Å². The van der Waals surface area contributed by atoms with E-state index in [0.717, 1.165) is 12.8 Å². The number of carbonyl (C=O) groups is 2. The number of benzene rings is 1. The van der Waals surface area contributed by atoms with Crippen LogP contribution in [0, 0.1) is 5.92 Å². The largest absolute Gasteiger partial charge is 0.335 e. The molecular formula is C16H24N2O2. The van der Waals surface area contributed by atoms with Gasteiger partial charge in [0.25, 0.3) is 0 Å². The van der Waals surface area contributed by atoms with Gasteiger partial charge in [0.1, 0.15) is 0 Å². The lowest BCUT2D eigenvalue weighted by atomic mass is 9.96. The molecule has 0 saturated heterocycles. The van der Waals surface area contributed by atoms with E-state index >= 15 is 0 Å². The van der Waals surface area contributed by atoms with Gasteiger partial charge >= 0.3 is 6.03 Å². The zero-order chi connectivity index (χ0) is 15.1. The van der Waals surface area contributed by atoms with Crippen molar-refractivity contribution < 1.29 is 9.59 Å². The Morgan fingerprint density at radius 3 is 2.40 bits per heavy atom. The molecule has 2 N–H and O–H groups in total. The van der Waals surface area contributed by atoms with E-state index in [-0.39, 0.29) is 17.9 Å². The van der Waals surface area contributed by atoms with Gasteiger partial charge < -0.3 is 10.6 Å². The molecule has 1 aromatic carbocycles. The maximum absolute atomic E-state index is 11.9. The number of amides is 2. The summed E-state index contributed by atoms with van der Waals surface area (Å²) in [6.45, 7) is 7.78. The van der Waals surface area contributed by atoms with Crippen molar-refractivity contribution in [2.24, 2.45) is 5.92 Å². The summed E-state index contributed by atoms with van der Waals surface area (Å²) >= 11 is 0. The Bertz CT molecular complexity index is 467. The number of urea groups is 1. The summed E-state index contributed by atoms with van der Waals surface area (Å²) in [5.41, 5.74) is 1.22. The van der Waals surface area contributed by atoms with Crippen molar-refractivity contribution in [1.82, 2.24) is 5.32 Å². The van der Waals surface area contributed by atoms with Crippen molar-refractivity contribution in [1.29, 1.82) is 0 Å². The first-order valence-corrected chi connectivity index (χ1v) is 7.16. The molecule has 0 aliphatic rings. The summed E-state index contributed by atoms with van der Waals surface area (Å²) in [4.78, 5) is 23.2. The van der Waals surface area contributed by atoms with Crippen LogP contribution < -0.4 is 10.6 Å². The van der Waals surface area contributed by atoms with Crippen LogP contribution in [0.5, 0.6) is 0 Å². The van der Waals surface area contributed by atoms with Crippen LogP contribution in [0.25, 0.3) is 0 Å². The summed E-state index contributed by atoms with van der Waals surface area (Å²) in [5, 5.41) is 5.71. The summed E-state index contributed by atoms with van der Waals surface area (Å²) in [7, 11) is 0. The first-order valence-electron chi connectivity index (χ1n) is 7.16. The van der Waals surface area contributed by atoms with Crippen molar-refractivity contribution >= 4 is 17.5 Å². The molecule has 0 saturated carbocycles. The van der Waals surface area contributed by atoms with Crippen LogP contribution in [0.15, 0.2) is 24.3 Å². The quantitative estimate of drug-likeness (QED) is 0.776. The Kier molecular flexibility index (Phi) is 6.22. The first-order chi connectivity index (χ1) is 9.47. The third-order valence-electron chi connectivity index (χ3n) is 3.64. The zero-order valence-electron chi connectivity index (χ0n) is 12.7. The molecule has 0 aliphatic heterocycles. The molecule has 1 atom stereocenters. The SMILES string of the molecule is CCC(CC)C(C)NC(=O)Nc1cccc(C(C)=O)c1.